The summed E-state index contributed by atoms with van der Waals surface area (Å²) < 4.78 is 41.1. The summed E-state index contributed by atoms with van der Waals surface area (Å²) in [5.41, 5.74) is 0.760. The molecule has 0 aliphatic rings. The maximum Gasteiger partial charge on any atom is 0.417 e. The molecule has 0 amide bonds. The summed E-state index contributed by atoms with van der Waals surface area (Å²) in [6.07, 6.45) is -3.40. The Morgan fingerprint density at radius 1 is 0.963 bits per heavy atom. The highest BCUT2D eigenvalue weighted by molar-refractivity contribution is 7.99. The van der Waals surface area contributed by atoms with Gasteiger partial charge in [0, 0.05) is 21.4 Å². The smallest absolute Gasteiger partial charge is 0.417 e. The van der Waals surface area contributed by atoms with Crippen molar-refractivity contribution in [1.29, 1.82) is 0 Å². The number of halogens is 3. The molecule has 1 N–H and O–H groups in total. The molecule has 0 bridgehead atoms. The van der Waals surface area contributed by atoms with Gasteiger partial charge >= 0.3 is 6.18 Å². The molecule has 7 heteroatoms. The van der Waals surface area contributed by atoms with Crippen molar-refractivity contribution in [3.63, 3.8) is 0 Å². The van der Waals surface area contributed by atoms with Crippen LogP contribution in [0.3, 0.4) is 0 Å². The van der Waals surface area contributed by atoms with Crippen LogP contribution in [0.15, 0.2) is 64.6 Å². The molecule has 0 radical (unpaired) electrons. The molecule has 0 atom stereocenters. The number of hydrogen-bond acceptors (Lipinski definition) is 4. The van der Waals surface area contributed by atoms with Gasteiger partial charge in [0.15, 0.2) is 0 Å². The molecule has 0 aliphatic heterocycles. The predicted molar refractivity (Wildman–Crippen MR) is 98.8 cm³/mol. The summed E-state index contributed by atoms with van der Waals surface area (Å²) in [4.78, 5) is 8.41. The molecule has 0 spiro atoms. The monoisotopic (exact) mass is 390 g/mol. The van der Waals surface area contributed by atoms with Gasteiger partial charge in [-0.2, -0.15) is 13.2 Å². The molecular weight excluding hydrogens is 373 g/mol. The van der Waals surface area contributed by atoms with Crippen LogP contribution in [0.4, 0.5) is 13.2 Å². The Kier molecular flexibility index (Phi) is 5.41. The summed E-state index contributed by atoms with van der Waals surface area (Å²) in [6, 6.07) is 12.8. The SMILES string of the molecule is CC(C)c1ccccc1Sc1ccc(-c2cc(O)ncn2)cc1C(F)(F)F. The summed E-state index contributed by atoms with van der Waals surface area (Å²) in [5, 5.41) is 9.46. The lowest BCUT2D eigenvalue weighted by Crippen LogP contribution is -2.07. The normalized spacial score (nSPS) is 11.8. The number of aromatic hydroxyl groups is 1. The first-order chi connectivity index (χ1) is 12.8. The van der Waals surface area contributed by atoms with Gasteiger partial charge in [-0.25, -0.2) is 9.97 Å². The van der Waals surface area contributed by atoms with E-state index in [2.05, 4.69) is 9.97 Å². The third-order valence-electron chi connectivity index (χ3n) is 3.99. The number of nitrogens with zero attached hydrogens (tertiary/aromatic N) is 2. The predicted octanol–water partition coefficient (Wildman–Crippen LogP) is 6.14. The van der Waals surface area contributed by atoms with Crippen LogP contribution in [-0.4, -0.2) is 15.1 Å². The molecule has 3 rings (SSSR count). The van der Waals surface area contributed by atoms with Crippen molar-refractivity contribution in [1.82, 2.24) is 9.97 Å². The Morgan fingerprint density at radius 2 is 1.70 bits per heavy atom. The quantitative estimate of drug-likeness (QED) is 0.581. The molecule has 0 saturated carbocycles. The van der Waals surface area contributed by atoms with Crippen molar-refractivity contribution in [2.75, 3.05) is 0 Å². The van der Waals surface area contributed by atoms with E-state index in [9.17, 15) is 18.3 Å². The van der Waals surface area contributed by atoms with Crippen LogP contribution in [0.5, 0.6) is 5.88 Å². The van der Waals surface area contributed by atoms with Gasteiger partial charge in [0.25, 0.3) is 0 Å². The fraction of sp³-hybridized carbons (Fsp3) is 0.200. The van der Waals surface area contributed by atoms with Gasteiger partial charge in [-0.05, 0) is 29.7 Å². The van der Waals surface area contributed by atoms with E-state index in [0.29, 0.717) is 0 Å². The van der Waals surface area contributed by atoms with E-state index in [4.69, 9.17) is 0 Å². The van der Waals surface area contributed by atoms with Crippen molar-refractivity contribution in [2.45, 2.75) is 35.7 Å². The van der Waals surface area contributed by atoms with Crippen molar-refractivity contribution < 1.29 is 18.3 Å². The number of hydrogen-bond donors (Lipinski definition) is 1. The van der Waals surface area contributed by atoms with E-state index in [0.717, 1.165) is 34.6 Å². The van der Waals surface area contributed by atoms with Gasteiger partial charge < -0.3 is 5.11 Å². The maximum atomic E-state index is 13.7. The van der Waals surface area contributed by atoms with Crippen LogP contribution < -0.4 is 0 Å². The summed E-state index contributed by atoms with van der Waals surface area (Å²) in [7, 11) is 0. The molecule has 3 nitrogen and oxygen atoms in total. The van der Waals surface area contributed by atoms with E-state index in [1.54, 1.807) is 6.07 Å². The minimum atomic E-state index is -4.51. The number of aromatic nitrogens is 2. The van der Waals surface area contributed by atoms with Gasteiger partial charge in [-0.3, -0.25) is 0 Å². The first-order valence-corrected chi connectivity index (χ1v) is 9.07. The lowest BCUT2D eigenvalue weighted by Gasteiger charge is -2.17. The van der Waals surface area contributed by atoms with E-state index >= 15 is 0 Å². The third-order valence-corrected chi connectivity index (χ3v) is 5.16. The maximum absolute atomic E-state index is 13.7. The summed E-state index contributed by atoms with van der Waals surface area (Å²) in [5.74, 6) is -0.0934. The zero-order chi connectivity index (χ0) is 19.6. The van der Waals surface area contributed by atoms with E-state index in [1.807, 2.05) is 38.1 Å². The van der Waals surface area contributed by atoms with Crippen molar-refractivity contribution in [2.24, 2.45) is 0 Å². The molecule has 2 aromatic carbocycles. The molecule has 0 saturated heterocycles. The van der Waals surface area contributed by atoms with Gasteiger partial charge in [-0.1, -0.05) is 49.9 Å². The van der Waals surface area contributed by atoms with Gasteiger partial charge in [-0.15, -0.1) is 0 Å². The highest BCUT2D eigenvalue weighted by Crippen LogP contribution is 2.43. The lowest BCUT2D eigenvalue weighted by molar-refractivity contribution is -0.139. The number of benzene rings is 2. The highest BCUT2D eigenvalue weighted by Gasteiger charge is 2.34. The van der Waals surface area contributed by atoms with E-state index in [-0.39, 0.29) is 28.0 Å². The molecule has 1 aromatic heterocycles. The van der Waals surface area contributed by atoms with Crippen LogP contribution in [0.25, 0.3) is 11.3 Å². The highest BCUT2D eigenvalue weighted by atomic mass is 32.2. The van der Waals surface area contributed by atoms with Crippen molar-refractivity contribution >= 4 is 11.8 Å². The zero-order valence-corrected chi connectivity index (χ0v) is 15.5. The minimum absolute atomic E-state index is 0.123. The second-order valence-corrected chi connectivity index (χ2v) is 7.35. The average Bonchev–Trinajstić information content (AvgIpc) is 2.61. The van der Waals surface area contributed by atoms with Crippen molar-refractivity contribution in [3.05, 3.63) is 66.0 Å². The Morgan fingerprint density at radius 3 is 2.37 bits per heavy atom. The van der Waals surface area contributed by atoms with Crippen LogP contribution >= 0.6 is 11.8 Å². The van der Waals surface area contributed by atoms with Crippen molar-refractivity contribution in [3.8, 4) is 17.1 Å². The van der Waals surface area contributed by atoms with Crippen LogP contribution in [0.2, 0.25) is 0 Å². The molecular formula is C20H17F3N2OS. The summed E-state index contributed by atoms with van der Waals surface area (Å²) in [6.45, 7) is 4.02. The Bertz CT molecular complexity index is 958. The van der Waals surface area contributed by atoms with Crippen LogP contribution in [0.1, 0.15) is 30.9 Å². The topological polar surface area (TPSA) is 46.0 Å². The average molecular weight is 390 g/mol. The minimum Gasteiger partial charge on any atom is -0.493 e. The largest absolute Gasteiger partial charge is 0.493 e. The Hall–Kier alpha value is -2.54. The van der Waals surface area contributed by atoms with E-state index < -0.39 is 11.7 Å². The molecule has 0 fully saturated rings. The molecule has 27 heavy (non-hydrogen) atoms. The summed E-state index contributed by atoms with van der Waals surface area (Å²) >= 11 is 1.10. The van der Waals surface area contributed by atoms with Crippen LogP contribution in [0, 0.1) is 0 Å². The Labute approximate surface area is 159 Å². The number of rotatable bonds is 4. The second kappa shape index (κ2) is 7.60. The molecule has 1 heterocycles. The molecule has 3 aromatic rings. The van der Waals surface area contributed by atoms with Gasteiger partial charge in [0.05, 0.1) is 11.3 Å². The third kappa shape index (κ3) is 4.42. The van der Waals surface area contributed by atoms with E-state index in [1.165, 1.54) is 12.1 Å². The molecule has 0 aliphatic carbocycles. The fourth-order valence-electron chi connectivity index (χ4n) is 2.67. The lowest BCUT2D eigenvalue weighted by atomic mass is 10.0. The fourth-order valence-corrected chi connectivity index (χ4v) is 3.90. The first kappa shape index (κ1) is 19.2. The zero-order valence-electron chi connectivity index (χ0n) is 14.7. The molecule has 140 valence electrons. The first-order valence-electron chi connectivity index (χ1n) is 8.25. The van der Waals surface area contributed by atoms with Gasteiger partial charge in [0.2, 0.25) is 5.88 Å². The molecule has 0 unspecified atom stereocenters. The second-order valence-electron chi connectivity index (χ2n) is 6.26. The van der Waals surface area contributed by atoms with Crippen LogP contribution in [-0.2, 0) is 6.18 Å². The number of alkyl halides is 3. The van der Waals surface area contributed by atoms with Gasteiger partial charge in [0.1, 0.15) is 6.33 Å². The Balaban J connectivity index is 2.06. The standard InChI is InChI=1S/C20H17F3N2OS/c1-12(2)14-5-3-4-6-17(14)27-18-8-7-13(9-15(18)20(21,22)23)16-10-19(26)25-11-24-16/h3-12H,1-2H3,(H,24,25,26).